The zero-order valence-electron chi connectivity index (χ0n) is 10.4. The Hall–Kier alpha value is 0.137. The Bertz CT molecular complexity index is 180. The van der Waals surface area contributed by atoms with E-state index in [2.05, 4.69) is 44.1 Å². The molecule has 1 aliphatic heterocycles. The maximum atomic E-state index is 3.66. The minimum atomic E-state index is -0.591. The minimum absolute atomic E-state index is 0.389. The van der Waals surface area contributed by atoms with Crippen LogP contribution >= 0.6 is 0 Å². The molecule has 1 unspecified atom stereocenters. The summed E-state index contributed by atoms with van der Waals surface area (Å²) in [5, 5.41) is 3.66. The molecule has 0 aromatic rings. The van der Waals surface area contributed by atoms with E-state index in [1.165, 1.54) is 25.9 Å². The smallest absolute Gasteiger partial charge is 0.0689 e. The molecule has 1 fully saturated rings. The maximum absolute atomic E-state index is 3.66. The number of nitrogens with zero attached hydrogens (tertiary/aromatic N) is 1. The molecule has 0 aliphatic carbocycles. The molecule has 1 aliphatic rings. The van der Waals surface area contributed by atoms with Crippen LogP contribution in [0.25, 0.3) is 0 Å². The summed E-state index contributed by atoms with van der Waals surface area (Å²) in [6.07, 6.45) is 2.60. The summed E-state index contributed by atoms with van der Waals surface area (Å²) < 4.78 is 0. The quantitative estimate of drug-likeness (QED) is 0.718. The molecule has 0 saturated carbocycles. The van der Waals surface area contributed by atoms with E-state index in [4.69, 9.17) is 0 Å². The maximum Gasteiger partial charge on any atom is 0.0689 e. The van der Waals surface area contributed by atoms with Gasteiger partial charge < -0.3 is 5.32 Å². The predicted octanol–water partition coefficient (Wildman–Crippen LogP) is 1.82. The van der Waals surface area contributed by atoms with Gasteiger partial charge in [-0.15, -0.1) is 0 Å². The first-order valence-electron chi connectivity index (χ1n) is 5.99. The number of nitrogens with one attached hydrogen (secondary N) is 1. The van der Waals surface area contributed by atoms with Crippen LogP contribution < -0.4 is 5.32 Å². The molecule has 1 heterocycles. The Labute approximate surface area is 90.7 Å². The van der Waals surface area contributed by atoms with Crippen molar-refractivity contribution in [3.63, 3.8) is 0 Å². The van der Waals surface area contributed by atoms with E-state index in [1.807, 2.05) is 0 Å². The van der Waals surface area contributed by atoms with Crippen molar-refractivity contribution in [2.75, 3.05) is 13.1 Å². The van der Waals surface area contributed by atoms with Gasteiger partial charge in [0, 0.05) is 24.4 Å². The molecule has 14 heavy (non-hydrogen) atoms. The van der Waals surface area contributed by atoms with Crippen molar-refractivity contribution < 1.29 is 0 Å². The SMILES string of the molecule is CCCC(C)(C)N1CCNC1[SiH](C)C. The van der Waals surface area contributed by atoms with Crippen LogP contribution in [-0.4, -0.2) is 38.1 Å². The molecule has 0 amide bonds. The van der Waals surface area contributed by atoms with Gasteiger partial charge in [0.15, 0.2) is 0 Å². The molecule has 1 N–H and O–H groups in total. The lowest BCUT2D eigenvalue weighted by Crippen LogP contribution is -2.54. The van der Waals surface area contributed by atoms with Gasteiger partial charge in [0.05, 0.1) is 8.80 Å². The van der Waals surface area contributed by atoms with Gasteiger partial charge in [-0.3, -0.25) is 4.90 Å². The molecule has 0 radical (unpaired) electrons. The van der Waals surface area contributed by atoms with Crippen LogP contribution in [0.2, 0.25) is 13.1 Å². The van der Waals surface area contributed by atoms with E-state index in [-0.39, 0.29) is 0 Å². The van der Waals surface area contributed by atoms with E-state index in [9.17, 15) is 0 Å². The van der Waals surface area contributed by atoms with E-state index in [0.29, 0.717) is 5.54 Å². The Balaban J connectivity index is 2.65. The summed E-state index contributed by atoms with van der Waals surface area (Å²) in [4.78, 5) is 2.70. The summed E-state index contributed by atoms with van der Waals surface area (Å²) in [6.45, 7) is 14.4. The molecular formula is C11H26N2Si. The van der Waals surface area contributed by atoms with Crippen LogP contribution in [0.4, 0.5) is 0 Å². The molecule has 0 spiro atoms. The van der Waals surface area contributed by atoms with Crippen LogP contribution in [0.3, 0.4) is 0 Å². The number of rotatable bonds is 4. The number of hydrogen-bond donors (Lipinski definition) is 1. The fourth-order valence-electron chi connectivity index (χ4n) is 2.61. The Morgan fingerprint density at radius 1 is 1.43 bits per heavy atom. The van der Waals surface area contributed by atoms with Gasteiger partial charge in [-0.2, -0.15) is 0 Å². The average Bonchev–Trinajstić information content (AvgIpc) is 2.51. The summed E-state index contributed by atoms with van der Waals surface area (Å²) in [5.74, 6) is 0.719. The van der Waals surface area contributed by atoms with Gasteiger partial charge >= 0.3 is 0 Å². The predicted molar refractivity (Wildman–Crippen MR) is 66.4 cm³/mol. The lowest BCUT2D eigenvalue weighted by Gasteiger charge is -2.40. The topological polar surface area (TPSA) is 15.3 Å². The standard InChI is InChI=1S/C11H26N2Si/c1-6-7-11(2,3)13-9-8-12-10(13)14(4)5/h10,12,14H,6-9H2,1-5H3. The molecule has 2 nitrogen and oxygen atoms in total. The van der Waals surface area contributed by atoms with Crippen molar-refractivity contribution in [2.45, 2.75) is 58.0 Å². The highest BCUT2D eigenvalue weighted by Gasteiger charge is 2.36. The van der Waals surface area contributed by atoms with Crippen molar-refractivity contribution in [1.82, 2.24) is 10.2 Å². The van der Waals surface area contributed by atoms with Crippen molar-refractivity contribution in [1.29, 1.82) is 0 Å². The third kappa shape index (κ3) is 2.58. The Morgan fingerprint density at radius 3 is 2.57 bits per heavy atom. The average molecular weight is 214 g/mol. The fourth-order valence-corrected chi connectivity index (χ4v) is 4.52. The van der Waals surface area contributed by atoms with E-state index < -0.39 is 8.80 Å². The third-order valence-electron chi connectivity index (χ3n) is 3.31. The third-order valence-corrected chi connectivity index (χ3v) is 5.17. The Morgan fingerprint density at radius 2 is 2.07 bits per heavy atom. The van der Waals surface area contributed by atoms with E-state index in [1.54, 1.807) is 0 Å². The largest absolute Gasteiger partial charge is 0.304 e. The zero-order valence-corrected chi connectivity index (χ0v) is 11.6. The molecule has 0 aromatic heterocycles. The van der Waals surface area contributed by atoms with Crippen molar-refractivity contribution >= 4 is 8.80 Å². The normalized spacial score (nSPS) is 24.9. The first kappa shape index (κ1) is 12.2. The van der Waals surface area contributed by atoms with Crippen LogP contribution in [-0.2, 0) is 0 Å². The molecule has 0 bridgehead atoms. The highest BCUT2D eigenvalue weighted by molar-refractivity contribution is 6.57. The Kier molecular flexibility index (Phi) is 4.16. The van der Waals surface area contributed by atoms with E-state index >= 15 is 0 Å². The fraction of sp³-hybridized carbons (Fsp3) is 1.00. The zero-order chi connectivity index (χ0) is 10.8. The molecule has 1 atom stereocenters. The summed E-state index contributed by atoms with van der Waals surface area (Å²) in [5.41, 5.74) is 0.389. The van der Waals surface area contributed by atoms with Gasteiger partial charge in [-0.05, 0) is 20.3 Å². The lowest BCUT2D eigenvalue weighted by atomic mass is 9.97. The second kappa shape index (κ2) is 4.77. The van der Waals surface area contributed by atoms with Crippen molar-refractivity contribution in [2.24, 2.45) is 0 Å². The van der Waals surface area contributed by atoms with Gasteiger partial charge in [-0.25, -0.2) is 0 Å². The second-order valence-corrected chi connectivity index (χ2v) is 8.52. The highest BCUT2D eigenvalue weighted by atomic mass is 28.3. The lowest BCUT2D eigenvalue weighted by molar-refractivity contribution is 0.122. The van der Waals surface area contributed by atoms with Crippen LogP contribution in [0.5, 0.6) is 0 Å². The highest BCUT2D eigenvalue weighted by Crippen LogP contribution is 2.25. The van der Waals surface area contributed by atoms with E-state index in [0.717, 1.165) is 5.79 Å². The monoisotopic (exact) mass is 214 g/mol. The minimum Gasteiger partial charge on any atom is -0.304 e. The van der Waals surface area contributed by atoms with Gasteiger partial charge in [0.1, 0.15) is 0 Å². The summed E-state index contributed by atoms with van der Waals surface area (Å²) >= 11 is 0. The van der Waals surface area contributed by atoms with Gasteiger partial charge in [0.25, 0.3) is 0 Å². The summed E-state index contributed by atoms with van der Waals surface area (Å²) in [7, 11) is -0.591. The molecule has 0 aromatic carbocycles. The second-order valence-electron chi connectivity index (χ2n) is 5.40. The molecule has 3 heteroatoms. The molecule has 1 saturated heterocycles. The van der Waals surface area contributed by atoms with Crippen LogP contribution in [0.1, 0.15) is 33.6 Å². The van der Waals surface area contributed by atoms with Crippen molar-refractivity contribution in [3.8, 4) is 0 Å². The van der Waals surface area contributed by atoms with Crippen LogP contribution in [0.15, 0.2) is 0 Å². The molecule has 1 rings (SSSR count). The van der Waals surface area contributed by atoms with Gasteiger partial charge in [-0.1, -0.05) is 26.4 Å². The molecule has 84 valence electrons. The first-order valence-corrected chi connectivity index (χ1v) is 8.97. The van der Waals surface area contributed by atoms with Gasteiger partial charge in [0.2, 0.25) is 0 Å². The van der Waals surface area contributed by atoms with Crippen molar-refractivity contribution in [3.05, 3.63) is 0 Å². The number of hydrogen-bond acceptors (Lipinski definition) is 2. The molecular weight excluding hydrogens is 188 g/mol. The first-order chi connectivity index (χ1) is 6.49. The van der Waals surface area contributed by atoms with Crippen LogP contribution in [0, 0.1) is 0 Å². The summed E-state index contributed by atoms with van der Waals surface area (Å²) in [6, 6.07) is 0.